The van der Waals surface area contributed by atoms with Crippen molar-refractivity contribution < 1.29 is 9.59 Å². The Kier molecular flexibility index (Phi) is 5.36. The third kappa shape index (κ3) is 4.20. The number of carbonyl (C=O) groups is 2. The van der Waals surface area contributed by atoms with Crippen LogP contribution in [-0.2, 0) is 0 Å². The van der Waals surface area contributed by atoms with Crippen LogP contribution in [0.2, 0.25) is 0 Å². The third-order valence-electron chi connectivity index (χ3n) is 2.42. The zero-order valence-electron chi connectivity index (χ0n) is 11.1. The molecule has 1 aromatic rings. The lowest BCUT2D eigenvalue weighted by Crippen LogP contribution is -2.27. The van der Waals surface area contributed by atoms with Gasteiger partial charge in [-0.3, -0.25) is 9.59 Å². The lowest BCUT2D eigenvalue weighted by atomic mass is 10.1. The van der Waals surface area contributed by atoms with Gasteiger partial charge in [0.05, 0.1) is 0 Å². The first-order valence-electron chi connectivity index (χ1n) is 6.21. The first-order valence-corrected chi connectivity index (χ1v) is 6.21. The SMILES string of the molecule is CCNC(=O)c1ccc(C(=O)NCC(C)C)cc1. The summed E-state index contributed by atoms with van der Waals surface area (Å²) in [5.74, 6) is 0.196. The molecule has 2 amide bonds. The largest absolute Gasteiger partial charge is 0.352 e. The molecule has 0 fully saturated rings. The van der Waals surface area contributed by atoms with Gasteiger partial charge in [-0.15, -0.1) is 0 Å². The molecule has 98 valence electrons. The molecule has 0 saturated carbocycles. The fraction of sp³-hybridized carbons (Fsp3) is 0.429. The molecule has 0 aromatic heterocycles. The molecular formula is C14H20N2O2. The molecule has 4 nitrogen and oxygen atoms in total. The van der Waals surface area contributed by atoms with Crippen LogP contribution in [0.1, 0.15) is 41.5 Å². The fourth-order valence-electron chi connectivity index (χ4n) is 1.43. The average Bonchev–Trinajstić information content (AvgIpc) is 2.36. The van der Waals surface area contributed by atoms with Gasteiger partial charge in [0, 0.05) is 24.2 Å². The Morgan fingerprint density at radius 2 is 1.44 bits per heavy atom. The summed E-state index contributed by atoms with van der Waals surface area (Å²) >= 11 is 0. The first kappa shape index (κ1) is 14.2. The molecule has 0 atom stereocenters. The van der Waals surface area contributed by atoms with Crippen LogP contribution in [0.3, 0.4) is 0 Å². The molecule has 0 aliphatic carbocycles. The van der Waals surface area contributed by atoms with Gasteiger partial charge in [0.25, 0.3) is 11.8 Å². The van der Waals surface area contributed by atoms with Crippen molar-refractivity contribution in [2.75, 3.05) is 13.1 Å². The lowest BCUT2D eigenvalue weighted by Gasteiger charge is -2.08. The van der Waals surface area contributed by atoms with E-state index in [9.17, 15) is 9.59 Å². The number of hydrogen-bond acceptors (Lipinski definition) is 2. The van der Waals surface area contributed by atoms with Gasteiger partial charge in [-0.1, -0.05) is 13.8 Å². The zero-order chi connectivity index (χ0) is 13.5. The highest BCUT2D eigenvalue weighted by molar-refractivity contribution is 5.97. The molecule has 0 aliphatic heterocycles. The van der Waals surface area contributed by atoms with E-state index in [0.29, 0.717) is 30.1 Å². The van der Waals surface area contributed by atoms with E-state index < -0.39 is 0 Å². The summed E-state index contributed by atoms with van der Waals surface area (Å²) in [6.07, 6.45) is 0. The Bertz CT molecular complexity index is 410. The van der Waals surface area contributed by atoms with Crippen molar-refractivity contribution in [3.05, 3.63) is 35.4 Å². The summed E-state index contributed by atoms with van der Waals surface area (Å²) in [5.41, 5.74) is 1.14. The maximum atomic E-state index is 11.7. The third-order valence-corrected chi connectivity index (χ3v) is 2.42. The molecule has 0 radical (unpaired) electrons. The van der Waals surface area contributed by atoms with E-state index in [1.54, 1.807) is 24.3 Å². The smallest absolute Gasteiger partial charge is 0.251 e. The van der Waals surface area contributed by atoms with Gasteiger partial charge in [0.15, 0.2) is 0 Å². The van der Waals surface area contributed by atoms with E-state index in [2.05, 4.69) is 10.6 Å². The molecule has 4 heteroatoms. The van der Waals surface area contributed by atoms with Crippen LogP contribution in [-0.4, -0.2) is 24.9 Å². The monoisotopic (exact) mass is 248 g/mol. The van der Waals surface area contributed by atoms with E-state index in [0.717, 1.165) is 0 Å². The van der Waals surface area contributed by atoms with Crippen molar-refractivity contribution in [1.82, 2.24) is 10.6 Å². The average molecular weight is 248 g/mol. The van der Waals surface area contributed by atoms with Crippen LogP contribution in [0.4, 0.5) is 0 Å². The van der Waals surface area contributed by atoms with Crippen LogP contribution in [0, 0.1) is 5.92 Å². The van der Waals surface area contributed by atoms with Crippen LogP contribution in [0.15, 0.2) is 24.3 Å². The van der Waals surface area contributed by atoms with Gasteiger partial charge in [-0.05, 0) is 37.1 Å². The maximum Gasteiger partial charge on any atom is 0.251 e. The topological polar surface area (TPSA) is 58.2 Å². The summed E-state index contributed by atoms with van der Waals surface area (Å²) in [4.78, 5) is 23.3. The summed E-state index contributed by atoms with van der Waals surface area (Å²) in [5, 5.41) is 5.54. The van der Waals surface area contributed by atoms with Gasteiger partial charge >= 0.3 is 0 Å². The van der Waals surface area contributed by atoms with Crippen molar-refractivity contribution >= 4 is 11.8 Å². The van der Waals surface area contributed by atoms with Gasteiger partial charge in [-0.25, -0.2) is 0 Å². The van der Waals surface area contributed by atoms with E-state index in [-0.39, 0.29) is 11.8 Å². The molecule has 0 spiro atoms. The predicted octanol–water partition coefficient (Wildman–Crippen LogP) is 1.82. The number of rotatable bonds is 5. The fourth-order valence-corrected chi connectivity index (χ4v) is 1.43. The molecule has 0 saturated heterocycles. The molecule has 0 aliphatic rings. The van der Waals surface area contributed by atoms with Crippen molar-refractivity contribution in [1.29, 1.82) is 0 Å². The Morgan fingerprint density at radius 1 is 1.00 bits per heavy atom. The number of benzene rings is 1. The minimum atomic E-state index is -0.119. The van der Waals surface area contributed by atoms with E-state index >= 15 is 0 Å². The van der Waals surface area contributed by atoms with Gasteiger partial charge in [0.2, 0.25) is 0 Å². The standard InChI is InChI=1S/C14H20N2O2/c1-4-15-13(17)11-5-7-12(8-6-11)14(18)16-9-10(2)3/h5-8,10H,4,9H2,1-3H3,(H,15,17)(H,16,18). The van der Waals surface area contributed by atoms with Crippen molar-refractivity contribution in [2.45, 2.75) is 20.8 Å². The molecule has 0 heterocycles. The molecule has 2 N–H and O–H groups in total. The summed E-state index contributed by atoms with van der Waals surface area (Å²) in [6, 6.07) is 6.66. The molecular weight excluding hydrogens is 228 g/mol. The van der Waals surface area contributed by atoms with Gasteiger partial charge < -0.3 is 10.6 Å². The van der Waals surface area contributed by atoms with Crippen molar-refractivity contribution in [3.8, 4) is 0 Å². The van der Waals surface area contributed by atoms with Gasteiger partial charge in [0.1, 0.15) is 0 Å². The normalized spacial score (nSPS) is 10.2. The lowest BCUT2D eigenvalue weighted by molar-refractivity contribution is 0.0940. The molecule has 1 aromatic carbocycles. The second kappa shape index (κ2) is 6.79. The summed E-state index contributed by atoms with van der Waals surface area (Å²) in [7, 11) is 0. The Hall–Kier alpha value is -1.84. The van der Waals surface area contributed by atoms with Crippen LogP contribution >= 0.6 is 0 Å². The van der Waals surface area contributed by atoms with E-state index in [4.69, 9.17) is 0 Å². The van der Waals surface area contributed by atoms with Crippen LogP contribution in [0.25, 0.3) is 0 Å². The molecule has 0 unspecified atom stereocenters. The number of carbonyl (C=O) groups excluding carboxylic acids is 2. The number of amides is 2. The minimum absolute atomic E-state index is 0.105. The summed E-state index contributed by atoms with van der Waals surface area (Å²) < 4.78 is 0. The zero-order valence-corrected chi connectivity index (χ0v) is 11.1. The van der Waals surface area contributed by atoms with Gasteiger partial charge in [-0.2, -0.15) is 0 Å². The van der Waals surface area contributed by atoms with E-state index in [1.165, 1.54) is 0 Å². The van der Waals surface area contributed by atoms with Crippen LogP contribution < -0.4 is 10.6 Å². The highest BCUT2D eigenvalue weighted by atomic mass is 16.2. The second-order valence-corrected chi connectivity index (χ2v) is 4.54. The number of nitrogens with one attached hydrogen (secondary N) is 2. The molecule has 18 heavy (non-hydrogen) atoms. The molecule has 1 rings (SSSR count). The Labute approximate surface area is 108 Å². The van der Waals surface area contributed by atoms with Crippen LogP contribution in [0.5, 0.6) is 0 Å². The highest BCUT2D eigenvalue weighted by Gasteiger charge is 2.08. The first-order chi connectivity index (χ1) is 8.54. The van der Waals surface area contributed by atoms with Crippen molar-refractivity contribution in [3.63, 3.8) is 0 Å². The predicted molar refractivity (Wildman–Crippen MR) is 71.6 cm³/mol. The maximum absolute atomic E-state index is 11.7. The second-order valence-electron chi connectivity index (χ2n) is 4.54. The quantitative estimate of drug-likeness (QED) is 0.835. The van der Waals surface area contributed by atoms with E-state index in [1.807, 2.05) is 20.8 Å². The number of hydrogen-bond donors (Lipinski definition) is 2. The Balaban J connectivity index is 2.65. The highest BCUT2D eigenvalue weighted by Crippen LogP contribution is 2.04. The summed E-state index contributed by atoms with van der Waals surface area (Å²) in [6.45, 7) is 7.19. The Morgan fingerprint density at radius 3 is 1.83 bits per heavy atom. The minimum Gasteiger partial charge on any atom is -0.352 e. The van der Waals surface area contributed by atoms with Crippen molar-refractivity contribution in [2.24, 2.45) is 5.92 Å². The molecule has 0 bridgehead atoms.